The van der Waals surface area contributed by atoms with Crippen LogP contribution in [0.15, 0.2) is 29.3 Å². The summed E-state index contributed by atoms with van der Waals surface area (Å²) in [5.41, 5.74) is 5.29. The van der Waals surface area contributed by atoms with Crippen LogP contribution in [0.25, 0.3) is 0 Å². The Hall–Kier alpha value is -2.14. The summed E-state index contributed by atoms with van der Waals surface area (Å²) in [7, 11) is 0. The SMILES string of the molecule is CC[C@]1(O)C[C@@H]2CC3=C(C(=O)c4c(O)cccc4C3=O)[C@H](O)[C@H]2[C@@H](O[C@H]2C[C@@H](N)[C@@H](O)[C@@H](C)O2)C1. The molecule has 1 aromatic carbocycles. The van der Waals surface area contributed by atoms with Gasteiger partial charge in [0.1, 0.15) is 5.75 Å². The van der Waals surface area contributed by atoms with Crippen molar-refractivity contribution in [3.8, 4) is 5.75 Å². The summed E-state index contributed by atoms with van der Waals surface area (Å²) in [5, 5.41) is 43.2. The fourth-order valence-corrected chi connectivity index (χ4v) is 6.48. The number of aliphatic hydroxyl groups excluding tert-OH is 2. The molecule has 3 aliphatic carbocycles. The molecule has 0 amide bonds. The number of nitrogens with two attached hydrogens (primary N) is 1. The number of ether oxygens (including phenoxy) is 2. The van der Waals surface area contributed by atoms with Gasteiger partial charge in [0.05, 0.1) is 35.6 Å². The van der Waals surface area contributed by atoms with Crippen molar-refractivity contribution in [2.24, 2.45) is 17.6 Å². The van der Waals surface area contributed by atoms with E-state index in [1.807, 2.05) is 6.92 Å². The lowest BCUT2D eigenvalue weighted by molar-refractivity contribution is -0.266. The molecule has 0 bridgehead atoms. The molecule has 0 aromatic heterocycles. The van der Waals surface area contributed by atoms with Crippen molar-refractivity contribution in [3.05, 3.63) is 40.5 Å². The van der Waals surface area contributed by atoms with Gasteiger partial charge in [0.25, 0.3) is 0 Å². The van der Waals surface area contributed by atoms with Crippen molar-refractivity contribution in [2.75, 3.05) is 0 Å². The number of aliphatic hydroxyl groups is 3. The van der Waals surface area contributed by atoms with Crippen LogP contribution in [-0.4, -0.2) is 74.3 Å². The maximum absolute atomic E-state index is 13.4. The van der Waals surface area contributed by atoms with Crippen LogP contribution in [0.5, 0.6) is 5.75 Å². The zero-order valence-electron chi connectivity index (χ0n) is 19.9. The average Bonchev–Trinajstić information content (AvgIpc) is 2.80. The number of rotatable bonds is 3. The summed E-state index contributed by atoms with van der Waals surface area (Å²) < 4.78 is 12.1. The van der Waals surface area contributed by atoms with Gasteiger partial charge in [0, 0.05) is 41.5 Å². The molecular formula is C26H33NO8. The third-order valence-corrected chi connectivity index (χ3v) is 8.42. The number of Topliss-reactive ketones (excluding diaryl/α,β-unsaturated/α-hetero) is 2. The number of allylic oxidation sites excluding steroid dienone is 1. The molecule has 1 heterocycles. The summed E-state index contributed by atoms with van der Waals surface area (Å²) in [5.74, 6) is -2.09. The molecule has 0 radical (unpaired) electrons. The van der Waals surface area contributed by atoms with Crippen molar-refractivity contribution in [2.45, 2.75) is 88.3 Å². The molecule has 1 saturated heterocycles. The third kappa shape index (κ3) is 3.94. The van der Waals surface area contributed by atoms with E-state index in [2.05, 4.69) is 0 Å². The second kappa shape index (κ2) is 8.76. The highest BCUT2D eigenvalue weighted by Crippen LogP contribution is 2.51. The maximum Gasteiger partial charge on any atom is 0.196 e. The summed E-state index contributed by atoms with van der Waals surface area (Å²) >= 11 is 0. The smallest absolute Gasteiger partial charge is 0.196 e. The van der Waals surface area contributed by atoms with Gasteiger partial charge in [-0.1, -0.05) is 19.1 Å². The molecular weight excluding hydrogens is 454 g/mol. The number of aromatic hydroxyl groups is 1. The normalized spacial score (nSPS) is 41.3. The Balaban J connectivity index is 1.50. The van der Waals surface area contributed by atoms with E-state index in [9.17, 15) is 30.0 Å². The molecule has 1 aromatic rings. The first-order chi connectivity index (χ1) is 16.5. The van der Waals surface area contributed by atoms with E-state index in [-0.39, 0.29) is 59.0 Å². The summed E-state index contributed by atoms with van der Waals surface area (Å²) in [6.45, 7) is 3.58. The van der Waals surface area contributed by atoms with Gasteiger partial charge in [0.15, 0.2) is 17.9 Å². The molecule has 0 spiro atoms. The molecule has 1 saturated carbocycles. The second-order valence-electron chi connectivity index (χ2n) is 10.6. The first kappa shape index (κ1) is 24.5. The van der Waals surface area contributed by atoms with Crippen molar-refractivity contribution in [1.29, 1.82) is 0 Å². The minimum absolute atomic E-state index is 0.00541. The number of carbonyl (C=O) groups excluding carboxylic acids is 2. The van der Waals surface area contributed by atoms with Gasteiger partial charge in [-0.25, -0.2) is 0 Å². The number of ketones is 2. The fourth-order valence-electron chi connectivity index (χ4n) is 6.48. The highest BCUT2D eigenvalue weighted by molar-refractivity contribution is 6.28. The van der Waals surface area contributed by atoms with E-state index in [4.69, 9.17) is 15.2 Å². The van der Waals surface area contributed by atoms with Crippen molar-refractivity contribution >= 4 is 11.6 Å². The molecule has 190 valence electrons. The predicted octanol–water partition coefficient (Wildman–Crippen LogP) is 1.21. The van der Waals surface area contributed by atoms with Crippen LogP contribution >= 0.6 is 0 Å². The van der Waals surface area contributed by atoms with Crippen LogP contribution in [0.2, 0.25) is 0 Å². The van der Waals surface area contributed by atoms with Crippen LogP contribution in [0.3, 0.4) is 0 Å². The van der Waals surface area contributed by atoms with E-state index >= 15 is 0 Å². The lowest BCUT2D eigenvalue weighted by Crippen LogP contribution is -2.57. The Kier molecular flexibility index (Phi) is 6.14. The molecule has 2 fully saturated rings. The van der Waals surface area contributed by atoms with E-state index in [0.717, 1.165) is 0 Å². The van der Waals surface area contributed by atoms with Crippen LogP contribution in [-0.2, 0) is 9.47 Å². The quantitative estimate of drug-likeness (QED) is 0.422. The van der Waals surface area contributed by atoms with Gasteiger partial charge in [-0.15, -0.1) is 0 Å². The maximum atomic E-state index is 13.4. The monoisotopic (exact) mass is 487 g/mol. The molecule has 9 atom stereocenters. The molecule has 1 aliphatic heterocycles. The van der Waals surface area contributed by atoms with Crippen molar-refractivity contribution in [3.63, 3.8) is 0 Å². The summed E-state index contributed by atoms with van der Waals surface area (Å²) in [6, 6.07) is 3.82. The van der Waals surface area contributed by atoms with E-state index < -0.39 is 54.0 Å². The van der Waals surface area contributed by atoms with Gasteiger partial charge < -0.3 is 35.6 Å². The van der Waals surface area contributed by atoms with E-state index in [1.165, 1.54) is 18.2 Å². The summed E-state index contributed by atoms with van der Waals surface area (Å²) in [6.07, 6.45) is -2.59. The van der Waals surface area contributed by atoms with Crippen LogP contribution in [0, 0.1) is 11.8 Å². The Morgan fingerprint density at radius 1 is 1.20 bits per heavy atom. The standard InChI is InChI=1S/C26H33NO8/c1-3-26(33)9-12-7-14-21(25(32)20-13(23(14)30)5-4-6-16(20)28)24(31)19(12)17(10-26)35-18-8-15(27)22(29)11(2)34-18/h4-6,11-12,15,17-19,22,24,28-29,31,33H,3,7-10,27H2,1-2H3/t11-,12+,15-,17+,18+,19-,22+,24-,26+/m1/s1. The summed E-state index contributed by atoms with van der Waals surface area (Å²) in [4.78, 5) is 26.7. The van der Waals surface area contributed by atoms with Gasteiger partial charge in [-0.2, -0.15) is 0 Å². The number of phenolic OH excluding ortho intramolecular Hbond substituents is 1. The minimum atomic E-state index is -1.31. The van der Waals surface area contributed by atoms with E-state index in [0.29, 0.717) is 12.8 Å². The molecule has 6 N–H and O–H groups in total. The fraction of sp³-hybridized carbons (Fsp3) is 0.615. The number of carbonyl (C=O) groups is 2. The molecule has 4 aliphatic rings. The highest BCUT2D eigenvalue weighted by Gasteiger charge is 2.55. The zero-order valence-corrected chi connectivity index (χ0v) is 19.9. The largest absolute Gasteiger partial charge is 0.507 e. The number of benzene rings is 1. The lowest BCUT2D eigenvalue weighted by Gasteiger charge is -2.51. The Labute approximate surface area is 203 Å². The molecule has 5 rings (SSSR count). The van der Waals surface area contributed by atoms with Crippen LogP contribution in [0.4, 0.5) is 0 Å². The molecule has 0 unspecified atom stereocenters. The predicted molar refractivity (Wildman–Crippen MR) is 124 cm³/mol. The van der Waals surface area contributed by atoms with E-state index in [1.54, 1.807) is 6.92 Å². The zero-order chi connectivity index (χ0) is 25.2. The van der Waals surface area contributed by atoms with Gasteiger partial charge in [0.2, 0.25) is 0 Å². The van der Waals surface area contributed by atoms with Crippen molar-refractivity contribution in [1.82, 2.24) is 0 Å². The highest BCUT2D eigenvalue weighted by atomic mass is 16.7. The molecule has 9 nitrogen and oxygen atoms in total. The third-order valence-electron chi connectivity index (χ3n) is 8.42. The second-order valence-corrected chi connectivity index (χ2v) is 10.6. The number of hydrogen-bond acceptors (Lipinski definition) is 9. The number of hydrogen-bond donors (Lipinski definition) is 5. The minimum Gasteiger partial charge on any atom is -0.507 e. The van der Waals surface area contributed by atoms with Gasteiger partial charge in [-0.05, 0) is 38.2 Å². The molecule has 35 heavy (non-hydrogen) atoms. The average molecular weight is 488 g/mol. The Morgan fingerprint density at radius 2 is 1.94 bits per heavy atom. The van der Waals surface area contributed by atoms with Crippen molar-refractivity contribution < 1.29 is 39.5 Å². The number of fused-ring (bicyclic) bond motifs is 2. The molecule has 9 heteroatoms. The first-order valence-electron chi connectivity index (χ1n) is 12.3. The number of phenols is 1. The van der Waals surface area contributed by atoms with Gasteiger partial charge in [-0.3, -0.25) is 9.59 Å². The topological polar surface area (TPSA) is 160 Å². The first-order valence-corrected chi connectivity index (χ1v) is 12.3. The van der Waals surface area contributed by atoms with Crippen LogP contribution in [0.1, 0.15) is 66.7 Å². The Morgan fingerprint density at radius 3 is 2.63 bits per heavy atom. The lowest BCUT2D eigenvalue weighted by atomic mass is 9.59. The Bertz CT molecular complexity index is 1070. The van der Waals surface area contributed by atoms with Crippen LogP contribution < -0.4 is 5.73 Å². The van der Waals surface area contributed by atoms with Gasteiger partial charge >= 0.3 is 0 Å².